The Hall–Kier alpha value is -2.13. The van der Waals surface area contributed by atoms with Crippen LogP contribution >= 0.6 is 23.1 Å². The molecule has 1 aliphatic rings. The van der Waals surface area contributed by atoms with E-state index in [0.29, 0.717) is 12.1 Å². The van der Waals surface area contributed by atoms with E-state index in [4.69, 9.17) is 9.72 Å². The number of nitrogens with zero attached hydrogens (tertiary/aromatic N) is 4. The highest BCUT2D eigenvalue weighted by molar-refractivity contribution is 7.98. The van der Waals surface area contributed by atoms with Crippen molar-refractivity contribution in [2.24, 2.45) is 0 Å². The molecule has 1 aliphatic heterocycles. The van der Waals surface area contributed by atoms with Crippen molar-refractivity contribution in [2.45, 2.75) is 4.90 Å². The van der Waals surface area contributed by atoms with Crippen LogP contribution < -0.4 is 9.80 Å². The van der Waals surface area contributed by atoms with Crippen molar-refractivity contribution in [1.82, 2.24) is 9.88 Å². The van der Waals surface area contributed by atoms with E-state index >= 15 is 0 Å². The van der Waals surface area contributed by atoms with Crippen LogP contribution in [0.3, 0.4) is 0 Å². The zero-order valence-corrected chi connectivity index (χ0v) is 19.8. The molecule has 164 valence electrons. The molecule has 0 unspecified atom stereocenters. The normalized spacial score (nSPS) is 14.7. The number of fused-ring (bicyclic) bond motifs is 1. The summed E-state index contributed by atoms with van der Waals surface area (Å²) in [6.45, 7) is 4.70. The summed E-state index contributed by atoms with van der Waals surface area (Å²) in [6, 6.07) is 14.0. The van der Waals surface area contributed by atoms with Gasteiger partial charge in [-0.15, -0.1) is 11.8 Å². The molecule has 1 saturated heterocycles. The number of rotatable bonds is 7. The van der Waals surface area contributed by atoms with E-state index in [2.05, 4.69) is 29.4 Å². The van der Waals surface area contributed by atoms with Crippen molar-refractivity contribution in [3.05, 3.63) is 48.0 Å². The smallest absolute Gasteiger partial charge is 0.260 e. The van der Waals surface area contributed by atoms with Gasteiger partial charge in [-0.05, 0) is 42.7 Å². The maximum atomic E-state index is 13.6. The second-order valence-electron chi connectivity index (χ2n) is 7.66. The lowest BCUT2D eigenvalue weighted by Crippen LogP contribution is -2.43. The average molecular weight is 457 g/mol. The molecule has 1 aromatic heterocycles. The molecule has 2 heterocycles. The van der Waals surface area contributed by atoms with Crippen molar-refractivity contribution >= 4 is 50.0 Å². The number of amides is 1. The van der Waals surface area contributed by atoms with Gasteiger partial charge in [-0.3, -0.25) is 14.6 Å². The molecule has 4 rings (SSSR count). The minimum Gasteiger partial charge on any atom is -0.379 e. The molecule has 0 bridgehead atoms. The number of hydrogen-bond acceptors (Lipinski definition) is 7. The van der Waals surface area contributed by atoms with E-state index in [1.807, 2.05) is 48.2 Å². The van der Waals surface area contributed by atoms with Crippen LogP contribution in [0, 0.1) is 0 Å². The summed E-state index contributed by atoms with van der Waals surface area (Å²) in [7, 11) is 3.99. The molecule has 1 fully saturated rings. The molecule has 0 aliphatic carbocycles. The molecule has 0 saturated carbocycles. The first kappa shape index (κ1) is 22.1. The van der Waals surface area contributed by atoms with Crippen LogP contribution in [0.5, 0.6) is 0 Å². The number of aromatic nitrogens is 1. The second kappa shape index (κ2) is 9.99. The minimum atomic E-state index is -0.0108. The molecule has 0 N–H and O–H groups in total. The Kier molecular flexibility index (Phi) is 7.12. The standard InChI is InChI=1S/C23H28N4O2S2/c1-25(2)18-9-7-17(8-10-18)22(28)27(12-11-26-13-15-29-16-14-26)23-24-21-19(30-3)5-4-6-20(21)31-23/h4-10H,11-16H2,1-3H3. The molecular formula is C23H28N4O2S2. The lowest BCUT2D eigenvalue weighted by molar-refractivity contribution is 0.0391. The van der Waals surface area contributed by atoms with Gasteiger partial charge in [0.2, 0.25) is 0 Å². The molecule has 3 aromatic rings. The van der Waals surface area contributed by atoms with Crippen LogP contribution in [-0.2, 0) is 4.74 Å². The number of carbonyl (C=O) groups is 1. The van der Waals surface area contributed by atoms with E-state index in [-0.39, 0.29) is 5.91 Å². The predicted molar refractivity (Wildman–Crippen MR) is 131 cm³/mol. The monoisotopic (exact) mass is 456 g/mol. The zero-order chi connectivity index (χ0) is 21.8. The zero-order valence-electron chi connectivity index (χ0n) is 18.2. The molecule has 2 aromatic carbocycles. The van der Waals surface area contributed by atoms with Gasteiger partial charge >= 0.3 is 0 Å². The lowest BCUT2D eigenvalue weighted by Gasteiger charge is -2.29. The maximum absolute atomic E-state index is 13.6. The van der Waals surface area contributed by atoms with Gasteiger partial charge in [-0.1, -0.05) is 17.4 Å². The highest BCUT2D eigenvalue weighted by atomic mass is 32.2. The van der Waals surface area contributed by atoms with Crippen LogP contribution in [0.4, 0.5) is 10.8 Å². The fourth-order valence-corrected chi connectivity index (χ4v) is 5.25. The van der Waals surface area contributed by atoms with Crippen molar-refractivity contribution < 1.29 is 9.53 Å². The van der Waals surface area contributed by atoms with Crippen molar-refractivity contribution in [1.29, 1.82) is 0 Å². The SMILES string of the molecule is CSc1cccc2sc(N(CCN3CCOCC3)C(=O)c3ccc(N(C)C)cc3)nc12. The predicted octanol–water partition coefficient (Wildman–Crippen LogP) is 4.06. The van der Waals surface area contributed by atoms with Gasteiger partial charge in [-0.25, -0.2) is 4.98 Å². The minimum absolute atomic E-state index is 0.0108. The Bertz CT molecular complexity index is 1030. The van der Waals surface area contributed by atoms with Gasteiger partial charge < -0.3 is 9.64 Å². The van der Waals surface area contributed by atoms with E-state index in [9.17, 15) is 4.79 Å². The Morgan fingerprint density at radius 3 is 2.58 bits per heavy atom. The van der Waals surface area contributed by atoms with Crippen molar-refractivity contribution in [3.63, 3.8) is 0 Å². The molecule has 1 amide bonds. The summed E-state index contributed by atoms with van der Waals surface area (Å²) in [5, 5.41) is 0.756. The highest BCUT2D eigenvalue weighted by Crippen LogP contribution is 2.34. The van der Waals surface area contributed by atoms with Crippen molar-refractivity contribution in [3.8, 4) is 0 Å². The number of hydrogen-bond donors (Lipinski definition) is 0. The summed E-state index contributed by atoms with van der Waals surface area (Å²) in [4.78, 5) is 25.8. The van der Waals surface area contributed by atoms with Gasteiger partial charge in [0, 0.05) is 56.4 Å². The largest absolute Gasteiger partial charge is 0.379 e. The van der Waals surface area contributed by atoms with Crippen LogP contribution in [0.15, 0.2) is 47.4 Å². The average Bonchev–Trinajstić information content (AvgIpc) is 3.24. The molecule has 8 heteroatoms. The number of benzene rings is 2. The Balaban J connectivity index is 1.64. The van der Waals surface area contributed by atoms with E-state index in [0.717, 1.165) is 58.8 Å². The number of thiazole rings is 1. The maximum Gasteiger partial charge on any atom is 0.260 e. The number of ether oxygens (including phenoxy) is 1. The van der Waals surface area contributed by atoms with Gasteiger partial charge in [0.05, 0.1) is 23.4 Å². The van der Waals surface area contributed by atoms with Crippen LogP contribution in [0.1, 0.15) is 10.4 Å². The highest BCUT2D eigenvalue weighted by Gasteiger charge is 2.23. The molecule has 0 radical (unpaired) electrons. The van der Waals surface area contributed by atoms with Crippen LogP contribution in [-0.4, -0.2) is 75.5 Å². The van der Waals surface area contributed by atoms with E-state index in [1.165, 1.54) is 0 Å². The molecule has 31 heavy (non-hydrogen) atoms. The van der Waals surface area contributed by atoms with E-state index < -0.39 is 0 Å². The molecule has 6 nitrogen and oxygen atoms in total. The van der Waals surface area contributed by atoms with Crippen LogP contribution in [0.2, 0.25) is 0 Å². The Labute approximate surface area is 191 Å². The summed E-state index contributed by atoms with van der Waals surface area (Å²) in [6.07, 6.45) is 2.06. The number of thioether (sulfide) groups is 1. The Morgan fingerprint density at radius 2 is 1.90 bits per heavy atom. The second-order valence-corrected chi connectivity index (χ2v) is 9.51. The first-order chi connectivity index (χ1) is 15.1. The summed E-state index contributed by atoms with van der Waals surface area (Å²) in [5.74, 6) is -0.0108. The number of morpholine rings is 1. The molecule has 0 spiro atoms. The van der Waals surface area contributed by atoms with Crippen molar-refractivity contribution in [2.75, 3.05) is 69.5 Å². The Morgan fingerprint density at radius 1 is 1.16 bits per heavy atom. The third-order valence-corrected chi connectivity index (χ3v) is 7.25. The van der Waals surface area contributed by atoms with Gasteiger partial charge in [0.15, 0.2) is 5.13 Å². The summed E-state index contributed by atoms with van der Waals surface area (Å²) in [5.41, 5.74) is 2.72. The summed E-state index contributed by atoms with van der Waals surface area (Å²) >= 11 is 3.26. The van der Waals surface area contributed by atoms with Gasteiger partial charge in [-0.2, -0.15) is 0 Å². The van der Waals surface area contributed by atoms with Gasteiger partial charge in [0.1, 0.15) is 0 Å². The number of carbonyl (C=O) groups excluding carboxylic acids is 1. The number of para-hydroxylation sites is 1. The third-order valence-electron chi connectivity index (χ3n) is 5.44. The lowest BCUT2D eigenvalue weighted by atomic mass is 10.1. The van der Waals surface area contributed by atoms with E-state index in [1.54, 1.807) is 23.1 Å². The first-order valence-electron chi connectivity index (χ1n) is 10.4. The molecule has 0 atom stereocenters. The third kappa shape index (κ3) is 5.03. The van der Waals surface area contributed by atoms with Gasteiger partial charge in [0.25, 0.3) is 5.91 Å². The quantitative estimate of drug-likeness (QED) is 0.500. The number of anilines is 2. The molecular weight excluding hydrogens is 428 g/mol. The van der Waals surface area contributed by atoms with Crippen LogP contribution in [0.25, 0.3) is 10.2 Å². The fraction of sp³-hybridized carbons (Fsp3) is 0.391. The fourth-order valence-electron chi connectivity index (χ4n) is 3.60. The summed E-state index contributed by atoms with van der Waals surface area (Å²) < 4.78 is 6.57. The topological polar surface area (TPSA) is 48.9 Å². The first-order valence-corrected chi connectivity index (χ1v) is 12.4.